The Morgan fingerprint density at radius 3 is 2.64 bits per heavy atom. The van der Waals surface area contributed by atoms with Crippen LogP contribution in [0.1, 0.15) is 29.4 Å². The molecule has 1 amide bonds. The predicted molar refractivity (Wildman–Crippen MR) is 83.2 cm³/mol. The Balaban J connectivity index is 1.83. The SMILES string of the molecule is CCCNc1ccc(C(=O)NCCc2ccccc2F)nn1. The molecule has 2 N–H and O–H groups in total. The van der Waals surface area contributed by atoms with E-state index < -0.39 is 0 Å². The molecule has 5 nitrogen and oxygen atoms in total. The lowest BCUT2D eigenvalue weighted by molar-refractivity contribution is 0.0948. The zero-order chi connectivity index (χ0) is 15.8. The maximum atomic E-state index is 13.4. The van der Waals surface area contributed by atoms with Crippen molar-refractivity contribution in [3.05, 3.63) is 53.5 Å². The van der Waals surface area contributed by atoms with E-state index in [0.29, 0.717) is 24.3 Å². The number of nitrogens with one attached hydrogen (secondary N) is 2. The van der Waals surface area contributed by atoms with Gasteiger partial charge in [-0.25, -0.2) is 4.39 Å². The van der Waals surface area contributed by atoms with Crippen molar-refractivity contribution in [2.24, 2.45) is 0 Å². The third kappa shape index (κ3) is 4.51. The van der Waals surface area contributed by atoms with Gasteiger partial charge < -0.3 is 10.6 Å². The Bertz CT molecular complexity index is 616. The number of carbonyl (C=O) groups excluding carboxylic acids is 1. The largest absolute Gasteiger partial charge is 0.369 e. The molecule has 1 aromatic heterocycles. The van der Waals surface area contributed by atoms with Crippen LogP contribution in [0.25, 0.3) is 0 Å². The highest BCUT2D eigenvalue weighted by Crippen LogP contribution is 2.06. The first kappa shape index (κ1) is 15.9. The van der Waals surface area contributed by atoms with E-state index in [1.807, 2.05) is 0 Å². The summed E-state index contributed by atoms with van der Waals surface area (Å²) in [4.78, 5) is 11.9. The van der Waals surface area contributed by atoms with Gasteiger partial charge in [-0.1, -0.05) is 25.1 Å². The number of aromatic nitrogens is 2. The van der Waals surface area contributed by atoms with Gasteiger partial charge in [0.15, 0.2) is 5.69 Å². The Labute approximate surface area is 129 Å². The Morgan fingerprint density at radius 2 is 1.95 bits per heavy atom. The fraction of sp³-hybridized carbons (Fsp3) is 0.312. The van der Waals surface area contributed by atoms with E-state index in [4.69, 9.17) is 0 Å². The van der Waals surface area contributed by atoms with Crippen LogP contribution in [0.4, 0.5) is 10.2 Å². The Kier molecular flexibility index (Phi) is 5.82. The highest BCUT2D eigenvalue weighted by molar-refractivity contribution is 5.92. The summed E-state index contributed by atoms with van der Waals surface area (Å²) >= 11 is 0. The summed E-state index contributed by atoms with van der Waals surface area (Å²) in [7, 11) is 0. The van der Waals surface area contributed by atoms with Gasteiger partial charge in [0.2, 0.25) is 0 Å². The van der Waals surface area contributed by atoms with Gasteiger partial charge in [-0.05, 0) is 36.6 Å². The van der Waals surface area contributed by atoms with Crippen molar-refractivity contribution in [2.75, 3.05) is 18.4 Å². The molecular weight excluding hydrogens is 283 g/mol. The summed E-state index contributed by atoms with van der Waals surface area (Å²) in [5, 5.41) is 13.6. The number of halogens is 1. The maximum absolute atomic E-state index is 13.4. The summed E-state index contributed by atoms with van der Waals surface area (Å²) < 4.78 is 13.4. The molecule has 2 rings (SSSR count). The molecule has 22 heavy (non-hydrogen) atoms. The van der Waals surface area contributed by atoms with Crippen molar-refractivity contribution in [2.45, 2.75) is 19.8 Å². The number of benzene rings is 1. The van der Waals surface area contributed by atoms with Gasteiger partial charge >= 0.3 is 0 Å². The molecule has 0 aliphatic heterocycles. The van der Waals surface area contributed by atoms with Crippen LogP contribution in [-0.2, 0) is 6.42 Å². The van der Waals surface area contributed by atoms with Crippen molar-refractivity contribution in [3.63, 3.8) is 0 Å². The minimum Gasteiger partial charge on any atom is -0.369 e. The number of anilines is 1. The summed E-state index contributed by atoms with van der Waals surface area (Å²) in [6.07, 6.45) is 1.42. The highest BCUT2D eigenvalue weighted by atomic mass is 19.1. The quantitative estimate of drug-likeness (QED) is 0.824. The van der Waals surface area contributed by atoms with Crippen LogP contribution in [0, 0.1) is 5.82 Å². The molecule has 0 bridgehead atoms. The molecule has 116 valence electrons. The summed E-state index contributed by atoms with van der Waals surface area (Å²) in [6.45, 7) is 3.21. The highest BCUT2D eigenvalue weighted by Gasteiger charge is 2.08. The second-order valence-electron chi connectivity index (χ2n) is 4.83. The molecule has 2 aromatic rings. The molecule has 1 heterocycles. The molecule has 0 aliphatic carbocycles. The standard InChI is InChI=1S/C16H19FN4O/c1-2-10-18-15-8-7-14(20-21-15)16(22)19-11-9-12-5-3-4-6-13(12)17/h3-8H,2,9-11H2,1H3,(H,18,21)(H,19,22). The Morgan fingerprint density at radius 1 is 1.14 bits per heavy atom. The van der Waals surface area contributed by atoms with Gasteiger partial charge in [-0.2, -0.15) is 0 Å². The van der Waals surface area contributed by atoms with Crippen LogP contribution in [0.15, 0.2) is 36.4 Å². The van der Waals surface area contributed by atoms with Gasteiger partial charge in [-0.3, -0.25) is 4.79 Å². The minimum atomic E-state index is -0.314. The lowest BCUT2D eigenvalue weighted by atomic mass is 10.1. The normalized spacial score (nSPS) is 10.3. The van der Waals surface area contributed by atoms with Crippen LogP contribution < -0.4 is 10.6 Å². The van der Waals surface area contributed by atoms with Crippen molar-refractivity contribution >= 4 is 11.7 Å². The molecule has 0 spiro atoms. The molecular formula is C16H19FN4O. The van der Waals surface area contributed by atoms with E-state index in [-0.39, 0.29) is 17.4 Å². The van der Waals surface area contributed by atoms with Crippen molar-refractivity contribution in [1.82, 2.24) is 15.5 Å². The average Bonchev–Trinajstić information content (AvgIpc) is 2.55. The number of carbonyl (C=O) groups is 1. The molecule has 0 unspecified atom stereocenters. The van der Waals surface area contributed by atoms with Gasteiger partial charge in [0.1, 0.15) is 11.6 Å². The first-order valence-corrected chi connectivity index (χ1v) is 7.30. The van der Waals surface area contributed by atoms with Crippen molar-refractivity contribution < 1.29 is 9.18 Å². The van der Waals surface area contributed by atoms with Gasteiger partial charge in [0.25, 0.3) is 5.91 Å². The number of rotatable bonds is 7. The van der Waals surface area contributed by atoms with E-state index in [2.05, 4.69) is 27.8 Å². The van der Waals surface area contributed by atoms with E-state index in [1.54, 1.807) is 30.3 Å². The summed E-state index contributed by atoms with van der Waals surface area (Å²) in [5.74, 6) is 0.0681. The van der Waals surface area contributed by atoms with E-state index >= 15 is 0 Å². The van der Waals surface area contributed by atoms with E-state index in [9.17, 15) is 9.18 Å². The molecule has 1 aromatic carbocycles. The summed E-state index contributed by atoms with van der Waals surface area (Å²) in [5.41, 5.74) is 0.823. The second kappa shape index (κ2) is 8.07. The van der Waals surface area contributed by atoms with Crippen LogP contribution >= 0.6 is 0 Å². The van der Waals surface area contributed by atoms with Crippen LogP contribution in [-0.4, -0.2) is 29.2 Å². The zero-order valence-corrected chi connectivity index (χ0v) is 12.5. The zero-order valence-electron chi connectivity index (χ0n) is 12.5. The molecule has 0 saturated carbocycles. The first-order chi connectivity index (χ1) is 10.7. The number of amides is 1. The van der Waals surface area contributed by atoms with Crippen LogP contribution in [0.3, 0.4) is 0 Å². The molecule has 0 saturated heterocycles. The lowest BCUT2D eigenvalue weighted by Crippen LogP contribution is -2.27. The maximum Gasteiger partial charge on any atom is 0.271 e. The van der Waals surface area contributed by atoms with E-state index in [1.165, 1.54) is 6.07 Å². The van der Waals surface area contributed by atoms with Crippen LogP contribution in [0.5, 0.6) is 0 Å². The summed E-state index contributed by atoms with van der Waals surface area (Å²) in [6, 6.07) is 9.85. The molecule has 0 fully saturated rings. The third-order valence-corrected chi connectivity index (χ3v) is 3.09. The molecule has 0 radical (unpaired) electrons. The van der Waals surface area contributed by atoms with Gasteiger partial charge in [0, 0.05) is 13.1 Å². The van der Waals surface area contributed by atoms with Crippen molar-refractivity contribution in [1.29, 1.82) is 0 Å². The fourth-order valence-electron chi connectivity index (χ4n) is 1.90. The van der Waals surface area contributed by atoms with Crippen LogP contribution in [0.2, 0.25) is 0 Å². The topological polar surface area (TPSA) is 66.9 Å². The van der Waals surface area contributed by atoms with Crippen molar-refractivity contribution in [3.8, 4) is 0 Å². The minimum absolute atomic E-state index is 0.246. The molecule has 0 atom stereocenters. The third-order valence-electron chi connectivity index (χ3n) is 3.09. The smallest absolute Gasteiger partial charge is 0.271 e. The Hall–Kier alpha value is -2.50. The molecule has 0 aliphatic rings. The van der Waals surface area contributed by atoms with Gasteiger partial charge in [0.05, 0.1) is 0 Å². The average molecular weight is 302 g/mol. The number of nitrogens with zero attached hydrogens (tertiary/aromatic N) is 2. The van der Waals surface area contributed by atoms with Gasteiger partial charge in [-0.15, -0.1) is 10.2 Å². The predicted octanol–water partition coefficient (Wildman–Crippen LogP) is 2.41. The lowest BCUT2D eigenvalue weighted by Gasteiger charge is -2.06. The molecule has 6 heteroatoms. The second-order valence-corrected chi connectivity index (χ2v) is 4.83. The number of hydrogen-bond acceptors (Lipinski definition) is 4. The van der Waals surface area contributed by atoms with E-state index in [0.717, 1.165) is 13.0 Å². The fourth-order valence-corrected chi connectivity index (χ4v) is 1.90. The first-order valence-electron chi connectivity index (χ1n) is 7.30. The monoisotopic (exact) mass is 302 g/mol. The number of hydrogen-bond donors (Lipinski definition) is 2.